The van der Waals surface area contributed by atoms with Crippen LogP contribution in [-0.4, -0.2) is 29.8 Å². The Morgan fingerprint density at radius 2 is 1.00 bits per heavy atom. The van der Waals surface area contributed by atoms with Crippen molar-refractivity contribution < 1.29 is 8.85 Å². The van der Waals surface area contributed by atoms with Crippen molar-refractivity contribution in [3.05, 3.63) is 48.6 Å². The van der Waals surface area contributed by atoms with E-state index < -0.39 is 16.6 Å². The molecule has 0 atom stereocenters. The van der Waals surface area contributed by atoms with Gasteiger partial charge in [-0.05, 0) is 49.1 Å². The van der Waals surface area contributed by atoms with E-state index in [9.17, 15) is 0 Å². The maximum atomic E-state index is 7.00. The molecule has 0 aromatic carbocycles. The van der Waals surface area contributed by atoms with E-state index >= 15 is 0 Å². The van der Waals surface area contributed by atoms with Crippen LogP contribution in [0.15, 0.2) is 48.6 Å². The van der Waals surface area contributed by atoms with Crippen molar-refractivity contribution in [2.75, 3.05) is 13.2 Å². The zero-order chi connectivity index (χ0) is 22.8. The van der Waals surface area contributed by atoms with E-state index in [1.165, 1.54) is 36.3 Å². The summed E-state index contributed by atoms with van der Waals surface area (Å²) in [6.07, 6.45) is 20.8. The Morgan fingerprint density at radius 1 is 0.613 bits per heavy atom. The monoisotopic (exact) mass is 460 g/mol. The van der Waals surface area contributed by atoms with Crippen LogP contribution in [0.2, 0.25) is 36.3 Å². The molecule has 0 aliphatic heterocycles. The van der Waals surface area contributed by atoms with Crippen LogP contribution in [0.3, 0.4) is 0 Å². The molecule has 0 spiro atoms. The van der Waals surface area contributed by atoms with E-state index in [4.69, 9.17) is 8.85 Å². The lowest BCUT2D eigenvalue weighted by atomic mass is 9.65. The van der Waals surface area contributed by atoms with Crippen molar-refractivity contribution in [2.45, 2.75) is 90.6 Å². The van der Waals surface area contributed by atoms with Crippen molar-refractivity contribution in [3.63, 3.8) is 0 Å². The minimum Gasteiger partial charge on any atom is -0.417 e. The molecule has 2 aliphatic rings. The van der Waals surface area contributed by atoms with Gasteiger partial charge in [0.1, 0.15) is 0 Å². The summed E-state index contributed by atoms with van der Waals surface area (Å²) in [4.78, 5) is 0. The summed E-state index contributed by atoms with van der Waals surface area (Å²) in [5, 5.41) is 0. The average molecular weight is 461 g/mol. The highest BCUT2D eigenvalue weighted by atomic mass is 28.4. The van der Waals surface area contributed by atoms with Crippen LogP contribution in [0.25, 0.3) is 0 Å². The highest BCUT2D eigenvalue weighted by molar-refractivity contribution is 6.73. The van der Waals surface area contributed by atoms with Gasteiger partial charge in [0.05, 0.1) is 0 Å². The zero-order valence-corrected chi connectivity index (χ0v) is 23.2. The van der Waals surface area contributed by atoms with Crippen LogP contribution >= 0.6 is 0 Å². The van der Waals surface area contributed by atoms with Crippen LogP contribution in [0.5, 0.6) is 0 Å². The molecule has 0 amide bonds. The number of allylic oxidation sites excluding steroid dienone is 8. The summed E-state index contributed by atoms with van der Waals surface area (Å²) < 4.78 is 13.6. The summed E-state index contributed by atoms with van der Waals surface area (Å²) in [5.74, 6) is 0.875. The predicted molar refractivity (Wildman–Crippen MR) is 142 cm³/mol. The molecule has 0 saturated heterocycles. The van der Waals surface area contributed by atoms with Gasteiger partial charge < -0.3 is 8.85 Å². The molecular formula is C27H48O2Si2. The summed E-state index contributed by atoms with van der Waals surface area (Å²) in [6, 6.07) is 7.33. The van der Waals surface area contributed by atoms with Crippen LogP contribution in [0.1, 0.15) is 54.4 Å². The van der Waals surface area contributed by atoms with E-state index in [1.807, 2.05) is 0 Å². The van der Waals surface area contributed by atoms with Crippen LogP contribution in [0, 0.1) is 17.3 Å². The third-order valence-corrected chi connectivity index (χ3v) is 17.8. The Kier molecular flexibility index (Phi) is 10.7. The van der Waals surface area contributed by atoms with E-state index in [1.54, 1.807) is 0 Å². The fourth-order valence-corrected chi connectivity index (χ4v) is 10.9. The molecule has 0 N–H and O–H groups in total. The SMILES string of the molecule is CC[Si](CC)(CC)OCCCC(CO[Si](CC)(CC)CC)(C1C=CC=C1)C1C=CC=C1. The summed E-state index contributed by atoms with van der Waals surface area (Å²) in [5.41, 5.74) is 0.0863. The van der Waals surface area contributed by atoms with E-state index in [-0.39, 0.29) is 5.41 Å². The van der Waals surface area contributed by atoms with Crippen molar-refractivity contribution in [2.24, 2.45) is 17.3 Å². The summed E-state index contributed by atoms with van der Waals surface area (Å²) >= 11 is 0. The molecule has 0 saturated carbocycles. The molecule has 2 aliphatic carbocycles. The number of rotatable bonds is 16. The first-order chi connectivity index (χ1) is 15.0. The van der Waals surface area contributed by atoms with E-state index in [0.717, 1.165) is 26.1 Å². The van der Waals surface area contributed by atoms with Crippen molar-refractivity contribution in [1.29, 1.82) is 0 Å². The summed E-state index contributed by atoms with van der Waals surface area (Å²) in [6.45, 7) is 15.8. The molecule has 0 bridgehead atoms. The Labute approximate surface area is 195 Å². The average Bonchev–Trinajstić information content (AvgIpc) is 3.55. The minimum absolute atomic E-state index is 0.0863. The lowest BCUT2D eigenvalue weighted by Crippen LogP contribution is -2.45. The van der Waals surface area contributed by atoms with Gasteiger partial charge in [-0.1, -0.05) is 90.2 Å². The standard InChI is InChI=1S/C27H48O2Si2/c1-7-30(8-2,9-3)28-23-17-22-27(25-18-13-14-19-25,26-20-15-16-21-26)24-29-31(10-4,11-5)12-6/h13-16,18-21,25-26H,7-12,17,22-24H2,1-6H3. The number of hydrogen-bond donors (Lipinski definition) is 0. The third kappa shape index (κ3) is 6.22. The molecular weight excluding hydrogens is 412 g/mol. The Morgan fingerprint density at radius 3 is 1.39 bits per heavy atom. The van der Waals surface area contributed by atoms with Crippen molar-refractivity contribution >= 4 is 16.6 Å². The fourth-order valence-electron chi connectivity index (χ4n) is 5.54. The van der Waals surface area contributed by atoms with Crippen LogP contribution in [-0.2, 0) is 8.85 Å². The van der Waals surface area contributed by atoms with E-state index in [2.05, 4.69) is 90.2 Å². The van der Waals surface area contributed by atoms with Gasteiger partial charge in [-0.15, -0.1) is 0 Å². The first kappa shape index (κ1) is 26.6. The van der Waals surface area contributed by atoms with Crippen LogP contribution in [0.4, 0.5) is 0 Å². The second-order valence-electron chi connectivity index (χ2n) is 9.55. The zero-order valence-electron chi connectivity index (χ0n) is 21.2. The van der Waals surface area contributed by atoms with Gasteiger partial charge in [0.2, 0.25) is 0 Å². The first-order valence-corrected chi connectivity index (χ1v) is 18.0. The molecule has 0 unspecified atom stereocenters. The largest absolute Gasteiger partial charge is 0.417 e. The molecule has 0 aromatic heterocycles. The first-order valence-electron chi connectivity index (χ1n) is 13.0. The molecule has 0 fully saturated rings. The molecule has 176 valence electrons. The maximum Gasteiger partial charge on any atom is 0.192 e. The van der Waals surface area contributed by atoms with Crippen LogP contribution < -0.4 is 0 Å². The normalized spacial score (nSPS) is 17.5. The maximum absolute atomic E-state index is 7.00. The second kappa shape index (κ2) is 12.5. The van der Waals surface area contributed by atoms with Crippen molar-refractivity contribution in [1.82, 2.24) is 0 Å². The van der Waals surface area contributed by atoms with Gasteiger partial charge in [0.15, 0.2) is 16.6 Å². The molecule has 0 aromatic rings. The topological polar surface area (TPSA) is 18.5 Å². The quantitative estimate of drug-likeness (QED) is 0.170. The van der Waals surface area contributed by atoms with Gasteiger partial charge in [0, 0.05) is 30.5 Å². The molecule has 4 heteroatoms. The molecule has 0 heterocycles. The highest BCUT2D eigenvalue weighted by Crippen LogP contribution is 2.47. The fraction of sp³-hybridized carbons (Fsp3) is 0.704. The number of hydrogen-bond acceptors (Lipinski definition) is 2. The summed E-state index contributed by atoms with van der Waals surface area (Å²) in [7, 11) is -3.17. The van der Waals surface area contributed by atoms with Gasteiger partial charge in [-0.25, -0.2) is 0 Å². The molecule has 2 rings (SSSR count). The Bertz CT molecular complexity index is 573. The van der Waals surface area contributed by atoms with E-state index in [0.29, 0.717) is 11.8 Å². The van der Waals surface area contributed by atoms with Gasteiger partial charge in [-0.3, -0.25) is 0 Å². The minimum atomic E-state index is -1.64. The third-order valence-electron chi connectivity index (χ3n) is 8.53. The smallest absolute Gasteiger partial charge is 0.192 e. The lowest BCUT2D eigenvalue weighted by molar-refractivity contribution is 0.0652. The lowest BCUT2D eigenvalue weighted by Gasteiger charge is -2.44. The second-order valence-corrected chi connectivity index (χ2v) is 19.1. The van der Waals surface area contributed by atoms with Gasteiger partial charge in [-0.2, -0.15) is 0 Å². The van der Waals surface area contributed by atoms with Gasteiger partial charge >= 0.3 is 0 Å². The van der Waals surface area contributed by atoms with Gasteiger partial charge in [0.25, 0.3) is 0 Å². The van der Waals surface area contributed by atoms with Crippen molar-refractivity contribution in [3.8, 4) is 0 Å². The molecule has 2 nitrogen and oxygen atoms in total. The Hall–Kier alpha value is -0.686. The molecule has 0 radical (unpaired) electrons. The molecule has 31 heavy (non-hydrogen) atoms. The highest BCUT2D eigenvalue weighted by Gasteiger charge is 2.44. The Balaban J connectivity index is 2.22. The predicted octanol–water partition coefficient (Wildman–Crippen LogP) is 8.28.